The van der Waals surface area contributed by atoms with Crippen molar-refractivity contribution in [2.45, 2.75) is 25.1 Å². The van der Waals surface area contributed by atoms with E-state index in [-0.39, 0.29) is 12.3 Å². The van der Waals surface area contributed by atoms with E-state index in [0.29, 0.717) is 5.82 Å². The van der Waals surface area contributed by atoms with Crippen molar-refractivity contribution in [3.63, 3.8) is 0 Å². The predicted octanol–water partition coefficient (Wildman–Crippen LogP) is 1.32. The molecular formula is C12H15N5O. The van der Waals surface area contributed by atoms with E-state index in [9.17, 15) is 0 Å². The van der Waals surface area contributed by atoms with Gasteiger partial charge in [-0.2, -0.15) is 0 Å². The Balaban J connectivity index is 2.06. The average Bonchev–Trinajstić information content (AvgIpc) is 3.05. The molecule has 3 rings (SSSR count). The zero-order valence-corrected chi connectivity index (χ0v) is 9.99. The summed E-state index contributed by atoms with van der Waals surface area (Å²) in [7, 11) is 0. The Morgan fingerprint density at radius 1 is 1.56 bits per heavy atom. The summed E-state index contributed by atoms with van der Waals surface area (Å²) in [6.45, 7) is 4.44. The van der Waals surface area contributed by atoms with E-state index < -0.39 is 0 Å². The third kappa shape index (κ3) is 1.79. The standard InChI is InChI=1S/C12H15N5O/c1-2-8(13)11-14-6-9-12(16-11)17(7-15-9)10-4-3-5-18-10/h2,6-8,10H,1,3-5,13H2. The molecule has 0 amide bonds. The summed E-state index contributed by atoms with van der Waals surface area (Å²) in [6.07, 6.45) is 7.13. The molecule has 0 aliphatic carbocycles. The highest BCUT2D eigenvalue weighted by molar-refractivity contribution is 5.69. The minimum Gasteiger partial charge on any atom is -0.358 e. The second-order valence-corrected chi connectivity index (χ2v) is 4.32. The van der Waals surface area contributed by atoms with Gasteiger partial charge in [0.2, 0.25) is 0 Å². The number of nitrogens with zero attached hydrogens (tertiary/aromatic N) is 4. The monoisotopic (exact) mass is 245 g/mol. The summed E-state index contributed by atoms with van der Waals surface area (Å²) in [6, 6.07) is -0.359. The van der Waals surface area contributed by atoms with Crippen LogP contribution in [0.2, 0.25) is 0 Å². The van der Waals surface area contributed by atoms with E-state index in [1.165, 1.54) is 0 Å². The molecule has 1 aliphatic heterocycles. The second-order valence-electron chi connectivity index (χ2n) is 4.32. The van der Waals surface area contributed by atoms with Gasteiger partial charge in [-0.25, -0.2) is 15.0 Å². The van der Waals surface area contributed by atoms with Crippen molar-refractivity contribution >= 4 is 11.2 Å². The van der Waals surface area contributed by atoms with E-state index in [1.54, 1.807) is 18.6 Å². The van der Waals surface area contributed by atoms with E-state index in [2.05, 4.69) is 21.5 Å². The number of imidazole rings is 1. The molecule has 6 heteroatoms. The first-order chi connectivity index (χ1) is 8.79. The van der Waals surface area contributed by atoms with Gasteiger partial charge >= 0.3 is 0 Å². The van der Waals surface area contributed by atoms with Crippen LogP contribution in [0.5, 0.6) is 0 Å². The Morgan fingerprint density at radius 2 is 2.44 bits per heavy atom. The van der Waals surface area contributed by atoms with Crippen LogP contribution in [-0.4, -0.2) is 26.1 Å². The van der Waals surface area contributed by atoms with Gasteiger partial charge < -0.3 is 10.5 Å². The number of hydrogen-bond acceptors (Lipinski definition) is 5. The molecule has 2 atom stereocenters. The largest absolute Gasteiger partial charge is 0.358 e. The molecule has 94 valence electrons. The fraction of sp³-hybridized carbons (Fsp3) is 0.417. The van der Waals surface area contributed by atoms with Gasteiger partial charge in [0.25, 0.3) is 0 Å². The Kier molecular flexibility index (Phi) is 2.81. The Morgan fingerprint density at radius 3 is 3.17 bits per heavy atom. The van der Waals surface area contributed by atoms with Crippen molar-refractivity contribution < 1.29 is 4.74 Å². The minimum absolute atomic E-state index is 0.0257. The molecule has 1 aliphatic rings. The van der Waals surface area contributed by atoms with Crippen molar-refractivity contribution in [2.24, 2.45) is 5.73 Å². The van der Waals surface area contributed by atoms with Crippen LogP contribution in [0.15, 0.2) is 25.2 Å². The van der Waals surface area contributed by atoms with Gasteiger partial charge in [0.05, 0.1) is 18.6 Å². The maximum Gasteiger partial charge on any atom is 0.165 e. The van der Waals surface area contributed by atoms with Crippen LogP contribution in [0, 0.1) is 0 Å². The van der Waals surface area contributed by atoms with E-state index in [1.807, 2.05) is 4.57 Å². The molecule has 2 aromatic rings. The second kappa shape index (κ2) is 4.47. The van der Waals surface area contributed by atoms with Crippen LogP contribution in [0.25, 0.3) is 11.2 Å². The molecule has 2 unspecified atom stereocenters. The first kappa shape index (κ1) is 11.3. The van der Waals surface area contributed by atoms with Crippen LogP contribution in [0.3, 0.4) is 0 Å². The van der Waals surface area contributed by atoms with E-state index in [0.717, 1.165) is 30.6 Å². The fourth-order valence-electron chi connectivity index (χ4n) is 2.10. The van der Waals surface area contributed by atoms with Crippen molar-refractivity contribution in [1.82, 2.24) is 19.5 Å². The van der Waals surface area contributed by atoms with Crippen LogP contribution in [0.1, 0.15) is 30.9 Å². The van der Waals surface area contributed by atoms with Gasteiger partial charge in [0.15, 0.2) is 11.5 Å². The Bertz CT molecular complexity index is 573. The molecule has 0 aromatic carbocycles. The molecule has 2 aromatic heterocycles. The first-order valence-electron chi connectivity index (χ1n) is 5.99. The zero-order valence-electron chi connectivity index (χ0n) is 9.99. The molecule has 1 saturated heterocycles. The minimum atomic E-state index is -0.359. The van der Waals surface area contributed by atoms with Gasteiger partial charge in [-0.15, -0.1) is 6.58 Å². The first-order valence-corrected chi connectivity index (χ1v) is 5.99. The number of fused-ring (bicyclic) bond motifs is 1. The number of rotatable bonds is 3. The van der Waals surface area contributed by atoms with Crippen molar-refractivity contribution in [1.29, 1.82) is 0 Å². The molecule has 0 saturated carbocycles. The number of aromatic nitrogens is 4. The van der Waals surface area contributed by atoms with Crippen LogP contribution >= 0.6 is 0 Å². The summed E-state index contributed by atoms with van der Waals surface area (Å²) in [5.41, 5.74) is 7.38. The summed E-state index contributed by atoms with van der Waals surface area (Å²) >= 11 is 0. The maximum absolute atomic E-state index is 5.85. The lowest BCUT2D eigenvalue weighted by molar-refractivity contribution is 0.0592. The van der Waals surface area contributed by atoms with Crippen LogP contribution < -0.4 is 5.73 Å². The highest BCUT2D eigenvalue weighted by Gasteiger charge is 2.20. The maximum atomic E-state index is 5.85. The molecule has 3 heterocycles. The highest BCUT2D eigenvalue weighted by Crippen LogP contribution is 2.26. The van der Waals surface area contributed by atoms with Gasteiger partial charge in [-0.1, -0.05) is 6.08 Å². The third-order valence-corrected chi connectivity index (χ3v) is 3.10. The van der Waals surface area contributed by atoms with Gasteiger partial charge in [-0.3, -0.25) is 4.57 Å². The van der Waals surface area contributed by atoms with Crippen LogP contribution in [0.4, 0.5) is 0 Å². The summed E-state index contributed by atoms with van der Waals surface area (Å²) in [5, 5.41) is 0. The normalized spacial score (nSPS) is 21.3. The van der Waals surface area contributed by atoms with Crippen LogP contribution in [-0.2, 0) is 4.74 Å². The fourth-order valence-corrected chi connectivity index (χ4v) is 2.10. The summed E-state index contributed by atoms with van der Waals surface area (Å²) < 4.78 is 7.59. The predicted molar refractivity (Wildman–Crippen MR) is 66.7 cm³/mol. The van der Waals surface area contributed by atoms with Crippen molar-refractivity contribution in [3.8, 4) is 0 Å². The number of hydrogen-bond donors (Lipinski definition) is 1. The molecule has 0 radical (unpaired) electrons. The highest BCUT2D eigenvalue weighted by atomic mass is 16.5. The molecule has 1 fully saturated rings. The topological polar surface area (TPSA) is 78.8 Å². The van der Waals surface area contributed by atoms with Crippen molar-refractivity contribution in [3.05, 3.63) is 31.0 Å². The van der Waals surface area contributed by atoms with Gasteiger partial charge in [0.1, 0.15) is 11.7 Å². The summed E-state index contributed by atoms with van der Waals surface area (Å²) in [4.78, 5) is 12.9. The number of ether oxygens (including phenoxy) is 1. The number of nitrogens with two attached hydrogens (primary N) is 1. The quantitative estimate of drug-likeness (QED) is 0.825. The lowest BCUT2D eigenvalue weighted by Gasteiger charge is -2.12. The van der Waals surface area contributed by atoms with Crippen molar-refractivity contribution in [2.75, 3.05) is 6.61 Å². The molecule has 2 N–H and O–H groups in total. The molecule has 18 heavy (non-hydrogen) atoms. The molecule has 0 bridgehead atoms. The average molecular weight is 245 g/mol. The Labute approximate surface area is 105 Å². The lowest BCUT2D eigenvalue weighted by Crippen LogP contribution is -2.13. The summed E-state index contributed by atoms with van der Waals surface area (Å²) in [5.74, 6) is 0.553. The SMILES string of the molecule is C=CC(N)c1ncc2ncn(C3CCCO3)c2n1. The molecular weight excluding hydrogens is 230 g/mol. The molecule has 6 nitrogen and oxygen atoms in total. The van der Waals surface area contributed by atoms with E-state index in [4.69, 9.17) is 10.5 Å². The lowest BCUT2D eigenvalue weighted by atomic mass is 10.3. The smallest absolute Gasteiger partial charge is 0.165 e. The third-order valence-electron chi connectivity index (χ3n) is 3.10. The zero-order chi connectivity index (χ0) is 12.5. The Hall–Kier alpha value is -1.79. The van der Waals surface area contributed by atoms with Gasteiger partial charge in [0, 0.05) is 6.61 Å². The van der Waals surface area contributed by atoms with E-state index >= 15 is 0 Å². The molecule has 0 spiro atoms. The van der Waals surface area contributed by atoms with Gasteiger partial charge in [-0.05, 0) is 12.8 Å².